The molecule has 0 aromatic heterocycles. The number of hydrogen-bond acceptors (Lipinski definition) is 3. The number of nitrogens with one attached hydrogen (secondary N) is 2. The van der Waals surface area contributed by atoms with Gasteiger partial charge in [0.2, 0.25) is 0 Å². The molecule has 0 saturated carbocycles. The topological polar surface area (TPSA) is 53.6 Å². The summed E-state index contributed by atoms with van der Waals surface area (Å²) in [5, 5.41) is 6.90. The summed E-state index contributed by atoms with van der Waals surface area (Å²) >= 11 is 5.37. The van der Waals surface area contributed by atoms with Crippen LogP contribution in [-0.2, 0) is 6.54 Å². The van der Waals surface area contributed by atoms with E-state index in [1.165, 1.54) is 6.42 Å². The Bertz CT molecular complexity index is 784. The Morgan fingerprint density at radius 3 is 2.36 bits per heavy atom. The lowest BCUT2D eigenvalue weighted by Crippen LogP contribution is -2.35. The minimum absolute atomic E-state index is 0.113. The van der Waals surface area contributed by atoms with Crippen molar-refractivity contribution in [2.75, 3.05) is 25.0 Å². The molecule has 0 radical (unpaired) electrons. The molecule has 1 fully saturated rings. The highest BCUT2D eigenvalue weighted by atomic mass is 32.1. The maximum absolute atomic E-state index is 12.5. The van der Waals surface area contributed by atoms with Gasteiger partial charge in [0.1, 0.15) is 5.75 Å². The summed E-state index contributed by atoms with van der Waals surface area (Å²) in [6.07, 6.45) is 3.41. The standard InChI is InChI=1S/C22H27N3O2S/c1-2-27-20-12-6-17(7-13-20)16-23-22(28)24-19-10-8-18(9-11-19)21(26)25-14-4-3-5-15-25/h6-13H,2-5,14-16H2,1H3,(H2,23,24,28). The van der Waals surface area contributed by atoms with Crippen LogP contribution in [0.15, 0.2) is 48.5 Å². The average molecular weight is 398 g/mol. The maximum atomic E-state index is 12.5. The minimum atomic E-state index is 0.113. The summed E-state index contributed by atoms with van der Waals surface area (Å²) in [7, 11) is 0. The zero-order valence-corrected chi connectivity index (χ0v) is 17.1. The molecular weight excluding hydrogens is 370 g/mol. The highest BCUT2D eigenvalue weighted by Crippen LogP contribution is 2.16. The van der Waals surface area contributed by atoms with Crippen LogP contribution < -0.4 is 15.4 Å². The summed E-state index contributed by atoms with van der Waals surface area (Å²) in [4.78, 5) is 14.5. The van der Waals surface area contributed by atoms with Crippen molar-refractivity contribution < 1.29 is 9.53 Å². The smallest absolute Gasteiger partial charge is 0.253 e. The first-order valence-electron chi connectivity index (χ1n) is 9.81. The van der Waals surface area contributed by atoms with Crippen molar-refractivity contribution in [3.8, 4) is 5.75 Å². The van der Waals surface area contributed by atoms with Crippen molar-refractivity contribution in [3.05, 3.63) is 59.7 Å². The van der Waals surface area contributed by atoms with Crippen molar-refractivity contribution in [1.29, 1.82) is 0 Å². The van der Waals surface area contributed by atoms with Gasteiger partial charge >= 0.3 is 0 Å². The first kappa shape index (κ1) is 20.1. The van der Waals surface area contributed by atoms with Gasteiger partial charge in [-0.2, -0.15) is 0 Å². The van der Waals surface area contributed by atoms with E-state index in [0.29, 0.717) is 18.3 Å². The van der Waals surface area contributed by atoms with E-state index in [0.717, 1.165) is 48.5 Å². The van der Waals surface area contributed by atoms with Crippen LogP contribution in [0.4, 0.5) is 5.69 Å². The minimum Gasteiger partial charge on any atom is -0.494 e. The zero-order valence-electron chi connectivity index (χ0n) is 16.2. The number of likely N-dealkylation sites (tertiary alicyclic amines) is 1. The lowest BCUT2D eigenvalue weighted by atomic mass is 10.1. The van der Waals surface area contributed by atoms with Gasteiger partial charge in [-0.05, 0) is 80.4 Å². The fraction of sp³-hybridized carbons (Fsp3) is 0.364. The SMILES string of the molecule is CCOc1ccc(CNC(=S)Nc2ccc(C(=O)N3CCCCC3)cc2)cc1. The molecule has 1 aliphatic rings. The first-order chi connectivity index (χ1) is 13.7. The molecule has 1 saturated heterocycles. The van der Waals surface area contributed by atoms with Crippen LogP contribution in [0.3, 0.4) is 0 Å². The molecule has 5 nitrogen and oxygen atoms in total. The van der Waals surface area contributed by atoms with Gasteiger partial charge < -0.3 is 20.3 Å². The predicted octanol–water partition coefficient (Wildman–Crippen LogP) is 4.20. The molecule has 0 spiro atoms. The largest absolute Gasteiger partial charge is 0.494 e. The Labute approximate surface area is 172 Å². The molecule has 0 bridgehead atoms. The lowest BCUT2D eigenvalue weighted by Gasteiger charge is -2.26. The average Bonchev–Trinajstić information content (AvgIpc) is 2.74. The number of benzene rings is 2. The lowest BCUT2D eigenvalue weighted by molar-refractivity contribution is 0.0724. The molecule has 6 heteroatoms. The Morgan fingerprint density at radius 2 is 1.71 bits per heavy atom. The molecule has 2 aromatic carbocycles. The van der Waals surface area contributed by atoms with Gasteiger partial charge in [0.05, 0.1) is 6.61 Å². The number of rotatable bonds is 6. The van der Waals surface area contributed by atoms with Gasteiger partial charge in [0, 0.05) is 30.9 Å². The van der Waals surface area contributed by atoms with Crippen LogP contribution >= 0.6 is 12.2 Å². The predicted molar refractivity (Wildman–Crippen MR) is 117 cm³/mol. The summed E-state index contributed by atoms with van der Waals surface area (Å²) < 4.78 is 5.44. The Kier molecular flexibility index (Phi) is 7.25. The number of thiocarbonyl (C=S) groups is 1. The number of nitrogens with zero attached hydrogens (tertiary/aromatic N) is 1. The van der Waals surface area contributed by atoms with Gasteiger partial charge in [-0.3, -0.25) is 4.79 Å². The molecule has 2 N–H and O–H groups in total. The highest BCUT2D eigenvalue weighted by molar-refractivity contribution is 7.80. The van der Waals surface area contributed by atoms with E-state index >= 15 is 0 Å². The van der Waals surface area contributed by atoms with Crippen LogP contribution in [0.1, 0.15) is 42.1 Å². The maximum Gasteiger partial charge on any atom is 0.253 e. The third kappa shape index (κ3) is 5.70. The number of carbonyl (C=O) groups is 1. The van der Waals surface area contributed by atoms with Gasteiger partial charge in [0.25, 0.3) is 5.91 Å². The van der Waals surface area contributed by atoms with E-state index < -0.39 is 0 Å². The van der Waals surface area contributed by atoms with Crippen LogP contribution in [0.5, 0.6) is 5.75 Å². The third-order valence-corrected chi connectivity index (χ3v) is 4.97. The number of ether oxygens (including phenoxy) is 1. The van der Waals surface area contributed by atoms with E-state index in [2.05, 4.69) is 10.6 Å². The molecule has 1 aliphatic heterocycles. The number of piperidine rings is 1. The number of amides is 1. The van der Waals surface area contributed by atoms with Gasteiger partial charge in [-0.25, -0.2) is 0 Å². The highest BCUT2D eigenvalue weighted by Gasteiger charge is 2.17. The van der Waals surface area contributed by atoms with E-state index in [9.17, 15) is 4.79 Å². The summed E-state index contributed by atoms with van der Waals surface area (Å²) in [5.41, 5.74) is 2.70. The molecule has 1 amide bonds. The monoisotopic (exact) mass is 397 g/mol. The van der Waals surface area contributed by atoms with Gasteiger partial charge in [-0.1, -0.05) is 12.1 Å². The van der Waals surface area contributed by atoms with E-state index in [4.69, 9.17) is 17.0 Å². The van der Waals surface area contributed by atoms with Crippen LogP contribution in [0.2, 0.25) is 0 Å². The van der Waals surface area contributed by atoms with Crippen molar-refractivity contribution in [2.45, 2.75) is 32.7 Å². The van der Waals surface area contributed by atoms with Crippen LogP contribution in [0, 0.1) is 0 Å². The molecule has 1 heterocycles. The van der Waals surface area contributed by atoms with Gasteiger partial charge in [-0.15, -0.1) is 0 Å². The van der Waals surface area contributed by atoms with Crippen molar-refractivity contribution in [2.24, 2.45) is 0 Å². The molecule has 0 unspecified atom stereocenters. The molecule has 3 rings (SSSR count). The molecule has 0 aliphatic carbocycles. The van der Waals surface area contributed by atoms with E-state index in [1.54, 1.807) is 0 Å². The fourth-order valence-electron chi connectivity index (χ4n) is 3.20. The number of anilines is 1. The number of carbonyl (C=O) groups excluding carboxylic acids is 1. The summed E-state index contributed by atoms with van der Waals surface area (Å²) in [6.45, 7) is 4.98. The normalized spacial score (nSPS) is 13.7. The summed E-state index contributed by atoms with van der Waals surface area (Å²) in [6, 6.07) is 15.4. The number of hydrogen-bond donors (Lipinski definition) is 2. The second kappa shape index (κ2) is 10.1. The second-order valence-corrected chi connectivity index (χ2v) is 7.22. The molecule has 0 atom stereocenters. The molecule has 148 valence electrons. The Balaban J connectivity index is 1.48. The van der Waals surface area contributed by atoms with Crippen molar-refractivity contribution in [1.82, 2.24) is 10.2 Å². The summed E-state index contributed by atoms with van der Waals surface area (Å²) in [5.74, 6) is 0.980. The zero-order chi connectivity index (χ0) is 19.8. The van der Waals surface area contributed by atoms with Crippen LogP contribution in [-0.4, -0.2) is 35.6 Å². The third-order valence-electron chi connectivity index (χ3n) is 4.72. The van der Waals surface area contributed by atoms with Gasteiger partial charge in [0.15, 0.2) is 5.11 Å². The van der Waals surface area contributed by atoms with Crippen LogP contribution in [0.25, 0.3) is 0 Å². The Hall–Kier alpha value is -2.60. The molecule has 28 heavy (non-hydrogen) atoms. The quantitative estimate of drug-likeness (QED) is 0.716. The second-order valence-electron chi connectivity index (χ2n) is 6.81. The van der Waals surface area contributed by atoms with E-state index in [1.807, 2.05) is 60.4 Å². The Morgan fingerprint density at radius 1 is 1.04 bits per heavy atom. The molecular formula is C22H27N3O2S. The van der Waals surface area contributed by atoms with Crippen molar-refractivity contribution >= 4 is 28.9 Å². The first-order valence-corrected chi connectivity index (χ1v) is 10.2. The van der Waals surface area contributed by atoms with E-state index in [-0.39, 0.29) is 5.91 Å². The van der Waals surface area contributed by atoms with Crippen molar-refractivity contribution in [3.63, 3.8) is 0 Å². The fourth-order valence-corrected chi connectivity index (χ4v) is 3.39. The molecule has 2 aromatic rings.